The van der Waals surface area contributed by atoms with Gasteiger partial charge >= 0.3 is 11.9 Å². The maximum absolute atomic E-state index is 10.9. The molecule has 0 aliphatic carbocycles. The molecule has 92 valence electrons. The molecule has 1 aliphatic heterocycles. The fraction of sp³-hybridized carbons (Fsp3) is 0. The number of allylic oxidation sites excluding steroid dienone is 1. The Morgan fingerprint density at radius 2 is 1.94 bits per heavy atom. The number of anilines is 1. The molecule has 0 spiro atoms. The first kappa shape index (κ1) is 11.7. The summed E-state index contributed by atoms with van der Waals surface area (Å²) in [7, 11) is 0. The highest BCUT2D eigenvalue weighted by atomic mass is 16.4. The van der Waals surface area contributed by atoms with E-state index in [1.54, 1.807) is 17.3 Å². The maximum atomic E-state index is 10.9. The summed E-state index contributed by atoms with van der Waals surface area (Å²) in [6.07, 6.45) is 4.80. The Kier molecular flexibility index (Phi) is 3.29. The molecule has 0 fully saturated rings. The third-order valence-corrected chi connectivity index (χ3v) is 2.25. The van der Waals surface area contributed by atoms with Crippen LogP contribution in [0.3, 0.4) is 0 Å². The summed E-state index contributed by atoms with van der Waals surface area (Å²) in [6, 6.07) is 9.52. The third-order valence-electron chi connectivity index (χ3n) is 2.25. The second-order valence-corrected chi connectivity index (χ2v) is 3.51. The van der Waals surface area contributed by atoms with Gasteiger partial charge in [-0.25, -0.2) is 4.79 Å². The Labute approximate surface area is 103 Å². The number of rotatable bonds is 2. The molecule has 0 saturated heterocycles. The topological polar surface area (TPSA) is 81.7 Å². The van der Waals surface area contributed by atoms with Gasteiger partial charge < -0.3 is 10.4 Å². The number of hydrogen-bond donors (Lipinski definition) is 3. The van der Waals surface area contributed by atoms with Gasteiger partial charge in [-0.1, -0.05) is 18.2 Å². The Morgan fingerprint density at radius 3 is 2.50 bits per heavy atom. The third kappa shape index (κ3) is 2.67. The molecule has 0 saturated carbocycles. The molecule has 1 aliphatic rings. The monoisotopic (exact) mass is 245 g/mol. The molecule has 0 atom stereocenters. The first-order chi connectivity index (χ1) is 8.66. The van der Waals surface area contributed by atoms with Crippen LogP contribution in [-0.2, 0) is 9.59 Å². The van der Waals surface area contributed by atoms with Crippen LogP contribution in [0, 0.1) is 0 Å². The maximum Gasteiger partial charge on any atom is 0.394 e. The number of carboxylic acid groups (broad SMARTS) is 1. The normalized spacial score (nSPS) is 13.6. The van der Waals surface area contributed by atoms with Crippen LogP contribution in [0.5, 0.6) is 0 Å². The summed E-state index contributed by atoms with van der Waals surface area (Å²) in [4.78, 5) is 21.3. The van der Waals surface area contributed by atoms with Crippen LogP contribution in [0.4, 0.5) is 5.69 Å². The number of amides is 1. The van der Waals surface area contributed by atoms with Crippen molar-refractivity contribution >= 4 is 17.6 Å². The highest BCUT2D eigenvalue weighted by molar-refractivity contribution is 6.32. The summed E-state index contributed by atoms with van der Waals surface area (Å²) in [6.45, 7) is 0. The van der Waals surface area contributed by atoms with Crippen molar-refractivity contribution in [1.82, 2.24) is 10.7 Å². The lowest BCUT2D eigenvalue weighted by Crippen LogP contribution is -2.36. The Morgan fingerprint density at radius 1 is 1.22 bits per heavy atom. The molecular formula is C12H11N3O3. The van der Waals surface area contributed by atoms with Gasteiger partial charge in [-0.05, 0) is 18.2 Å². The van der Waals surface area contributed by atoms with E-state index >= 15 is 0 Å². The molecule has 0 aromatic heterocycles. The second-order valence-electron chi connectivity index (χ2n) is 3.51. The van der Waals surface area contributed by atoms with Gasteiger partial charge in [-0.2, -0.15) is 0 Å². The zero-order chi connectivity index (χ0) is 13.0. The molecule has 0 bridgehead atoms. The average molecular weight is 245 g/mol. The number of nitrogens with zero attached hydrogens (tertiary/aromatic N) is 1. The van der Waals surface area contributed by atoms with Crippen molar-refractivity contribution in [2.45, 2.75) is 0 Å². The zero-order valence-corrected chi connectivity index (χ0v) is 9.33. The summed E-state index contributed by atoms with van der Waals surface area (Å²) in [5.74, 6) is -2.59. The largest absolute Gasteiger partial charge is 0.474 e. The molecule has 0 unspecified atom stereocenters. The summed E-state index contributed by atoms with van der Waals surface area (Å²) in [5.41, 5.74) is 4.22. The van der Waals surface area contributed by atoms with Gasteiger partial charge in [0.1, 0.15) is 0 Å². The van der Waals surface area contributed by atoms with Crippen molar-refractivity contribution in [2.75, 3.05) is 5.01 Å². The van der Waals surface area contributed by atoms with Crippen molar-refractivity contribution in [3.63, 3.8) is 0 Å². The molecule has 1 aromatic rings. The highest BCUT2D eigenvalue weighted by Gasteiger charge is 2.13. The molecule has 1 amide bonds. The molecule has 1 heterocycles. The van der Waals surface area contributed by atoms with E-state index in [2.05, 4.69) is 10.7 Å². The van der Waals surface area contributed by atoms with Crippen LogP contribution in [-0.4, -0.2) is 17.0 Å². The smallest absolute Gasteiger partial charge is 0.394 e. The van der Waals surface area contributed by atoms with E-state index in [1.165, 1.54) is 6.20 Å². The van der Waals surface area contributed by atoms with Gasteiger partial charge in [0.2, 0.25) is 0 Å². The van der Waals surface area contributed by atoms with E-state index in [1.807, 2.05) is 30.3 Å². The van der Waals surface area contributed by atoms with Crippen LogP contribution in [0.1, 0.15) is 0 Å². The molecule has 6 nitrogen and oxygen atoms in total. The van der Waals surface area contributed by atoms with Crippen LogP contribution in [0.15, 0.2) is 54.5 Å². The Bertz CT molecular complexity index is 523. The number of para-hydroxylation sites is 1. The number of carbonyl (C=O) groups excluding carboxylic acids is 1. The van der Waals surface area contributed by atoms with Gasteiger partial charge in [-0.3, -0.25) is 15.2 Å². The number of hydrazine groups is 1. The number of aliphatic carboxylic acids is 1. The molecule has 0 radical (unpaired) electrons. The molecule has 6 heteroatoms. The minimum Gasteiger partial charge on any atom is -0.474 e. The van der Waals surface area contributed by atoms with E-state index < -0.39 is 11.9 Å². The predicted molar refractivity (Wildman–Crippen MR) is 65.1 cm³/mol. The number of nitrogens with one attached hydrogen (secondary N) is 2. The lowest BCUT2D eigenvalue weighted by Gasteiger charge is -2.24. The standard InChI is InChI=1S/C12H11N3O3/c16-11(12(17)18)14-9-6-7-15(13-8-9)10-4-2-1-3-5-10/h1-8,13H,(H,14,16)(H,17,18). The Hall–Kier alpha value is -2.76. The number of carboxylic acids is 1. The first-order valence-electron chi connectivity index (χ1n) is 5.20. The minimum atomic E-state index is -1.52. The summed E-state index contributed by atoms with van der Waals surface area (Å²) >= 11 is 0. The van der Waals surface area contributed by atoms with Gasteiger partial charge in [0.25, 0.3) is 0 Å². The lowest BCUT2D eigenvalue weighted by atomic mass is 10.3. The second kappa shape index (κ2) is 5.05. The van der Waals surface area contributed by atoms with Gasteiger partial charge in [0.15, 0.2) is 0 Å². The molecule has 2 rings (SSSR count). The molecular weight excluding hydrogens is 234 g/mol. The molecule has 1 aromatic carbocycles. The van der Waals surface area contributed by atoms with Crippen LogP contribution >= 0.6 is 0 Å². The SMILES string of the molecule is O=C(O)C(=O)NC1=CNN(c2ccccc2)C=C1. The average Bonchev–Trinajstić information content (AvgIpc) is 2.40. The van der Waals surface area contributed by atoms with E-state index in [4.69, 9.17) is 5.11 Å². The van der Waals surface area contributed by atoms with E-state index in [0.717, 1.165) is 5.69 Å². The van der Waals surface area contributed by atoms with Crippen LogP contribution in [0.25, 0.3) is 0 Å². The van der Waals surface area contributed by atoms with Crippen molar-refractivity contribution < 1.29 is 14.7 Å². The minimum absolute atomic E-state index is 0.384. The van der Waals surface area contributed by atoms with Crippen LogP contribution < -0.4 is 15.8 Å². The highest BCUT2D eigenvalue weighted by Crippen LogP contribution is 2.13. The predicted octanol–water partition coefficient (Wildman–Crippen LogP) is 0.567. The zero-order valence-electron chi connectivity index (χ0n) is 9.33. The van der Waals surface area contributed by atoms with Crippen molar-refractivity contribution in [1.29, 1.82) is 0 Å². The van der Waals surface area contributed by atoms with E-state index in [0.29, 0.717) is 5.70 Å². The lowest BCUT2D eigenvalue weighted by molar-refractivity contribution is -0.149. The van der Waals surface area contributed by atoms with E-state index in [9.17, 15) is 9.59 Å². The fourth-order valence-electron chi connectivity index (χ4n) is 1.40. The Balaban J connectivity index is 1.99. The fourth-order valence-corrected chi connectivity index (χ4v) is 1.40. The van der Waals surface area contributed by atoms with Crippen molar-refractivity contribution in [2.24, 2.45) is 0 Å². The molecule has 3 N–H and O–H groups in total. The summed E-state index contributed by atoms with van der Waals surface area (Å²) < 4.78 is 0. The van der Waals surface area contributed by atoms with Gasteiger partial charge in [-0.15, -0.1) is 0 Å². The van der Waals surface area contributed by atoms with Crippen molar-refractivity contribution in [3.8, 4) is 0 Å². The number of carbonyl (C=O) groups is 2. The number of benzene rings is 1. The first-order valence-corrected chi connectivity index (χ1v) is 5.20. The molecule has 18 heavy (non-hydrogen) atoms. The van der Waals surface area contributed by atoms with Crippen molar-refractivity contribution in [3.05, 3.63) is 54.5 Å². The number of hydrogen-bond acceptors (Lipinski definition) is 4. The van der Waals surface area contributed by atoms with Gasteiger partial charge in [0, 0.05) is 12.4 Å². The van der Waals surface area contributed by atoms with Gasteiger partial charge in [0.05, 0.1) is 11.4 Å². The van der Waals surface area contributed by atoms with Crippen LogP contribution in [0.2, 0.25) is 0 Å². The van der Waals surface area contributed by atoms with E-state index in [-0.39, 0.29) is 0 Å². The quantitative estimate of drug-likeness (QED) is 0.663. The summed E-state index contributed by atoms with van der Waals surface area (Å²) in [5, 5.41) is 12.4.